The molecule has 0 atom stereocenters. The predicted molar refractivity (Wildman–Crippen MR) is 85.9 cm³/mol. The van der Waals surface area contributed by atoms with Crippen LogP contribution in [0, 0.1) is 22.7 Å². The Bertz CT molecular complexity index is 492. The average molecular weight is 300 g/mol. The summed E-state index contributed by atoms with van der Waals surface area (Å²) in [4.78, 5) is 0. The molecule has 0 saturated heterocycles. The normalized spacial score (nSPS) is 9.82. The Morgan fingerprint density at radius 2 is 1.18 bits per heavy atom. The SMILES string of the molecule is CCCCCOc1ccc(OCCCCC)c(C#N)c1C#N. The van der Waals surface area contributed by atoms with E-state index in [0.29, 0.717) is 24.7 Å². The first kappa shape index (κ1) is 17.9. The van der Waals surface area contributed by atoms with E-state index in [1.165, 1.54) is 0 Å². The number of nitriles is 2. The molecule has 0 fully saturated rings. The minimum Gasteiger partial charge on any atom is -0.492 e. The molecule has 0 bridgehead atoms. The van der Waals surface area contributed by atoms with Crippen molar-refractivity contribution in [3.05, 3.63) is 23.3 Å². The summed E-state index contributed by atoms with van der Waals surface area (Å²) in [6.45, 7) is 5.37. The first-order valence-corrected chi connectivity index (χ1v) is 8.01. The van der Waals surface area contributed by atoms with Gasteiger partial charge in [0.15, 0.2) is 0 Å². The highest BCUT2D eigenvalue weighted by Crippen LogP contribution is 2.30. The van der Waals surface area contributed by atoms with Crippen LogP contribution >= 0.6 is 0 Å². The van der Waals surface area contributed by atoms with E-state index in [4.69, 9.17) is 9.47 Å². The molecule has 0 unspecified atom stereocenters. The molecule has 1 rings (SSSR count). The molecule has 22 heavy (non-hydrogen) atoms. The predicted octanol–water partition coefficient (Wildman–Crippen LogP) is 4.57. The van der Waals surface area contributed by atoms with Crippen LogP contribution in [0.4, 0.5) is 0 Å². The summed E-state index contributed by atoms with van der Waals surface area (Å²) in [7, 11) is 0. The van der Waals surface area contributed by atoms with Gasteiger partial charge < -0.3 is 9.47 Å². The zero-order valence-electron chi connectivity index (χ0n) is 13.5. The van der Waals surface area contributed by atoms with Crippen LogP contribution in [-0.2, 0) is 0 Å². The third-order valence-electron chi connectivity index (χ3n) is 3.36. The Morgan fingerprint density at radius 3 is 1.50 bits per heavy atom. The van der Waals surface area contributed by atoms with Crippen LogP contribution in [0.15, 0.2) is 12.1 Å². The smallest absolute Gasteiger partial charge is 0.138 e. The molecular formula is C18H24N2O2. The molecule has 0 aliphatic carbocycles. The summed E-state index contributed by atoms with van der Waals surface area (Å²) in [5.41, 5.74) is 0.541. The second-order valence-electron chi connectivity index (χ2n) is 5.15. The van der Waals surface area contributed by atoms with Crippen LogP contribution in [0.5, 0.6) is 11.5 Å². The van der Waals surface area contributed by atoms with Crippen molar-refractivity contribution >= 4 is 0 Å². The Hall–Kier alpha value is -2.20. The number of benzene rings is 1. The van der Waals surface area contributed by atoms with Gasteiger partial charge in [-0.05, 0) is 25.0 Å². The van der Waals surface area contributed by atoms with Crippen molar-refractivity contribution in [2.24, 2.45) is 0 Å². The summed E-state index contributed by atoms with van der Waals surface area (Å²) in [5.74, 6) is 0.937. The van der Waals surface area contributed by atoms with Gasteiger partial charge in [0.2, 0.25) is 0 Å². The molecule has 0 aliphatic rings. The maximum Gasteiger partial charge on any atom is 0.138 e. The van der Waals surface area contributed by atoms with Gasteiger partial charge in [-0.3, -0.25) is 0 Å². The maximum absolute atomic E-state index is 9.33. The number of rotatable bonds is 10. The number of unbranched alkanes of at least 4 members (excludes halogenated alkanes) is 4. The first-order chi connectivity index (χ1) is 10.8. The fraction of sp³-hybridized carbons (Fsp3) is 0.556. The van der Waals surface area contributed by atoms with E-state index in [9.17, 15) is 10.5 Å². The lowest BCUT2D eigenvalue weighted by Crippen LogP contribution is -2.04. The highest BCUT2D eigenvalue weighted by molar-refractivity contribution is 5.60. The second-order valence-corrected chi connectivity index (χ2v) is 5.15. The molecule has 0 heterocycles. The summed E-state index contributed by atoms with van der Waals surface area (Å²) in [5, 5.41) is 18.7. The van der Waals surface area contributed by atoms with Crippen molar-refractivity contribution < 1.29 is 9.47 Å². The lowest BCUT2D eigenvalue weighted by Gasteiger charge is -2.12. The Balaban J connectivity index is 2.81. The molecular weight excluding hydrogens is 276 g/mol. The molecule has 4 nitrogen and oxygen atoms in total. The van der Waals surface area contributed by atoms with Gasteiger partial charge in [-0.15, -0.1) is 0 Å². The third-order valence-corrected chi connectivity index (χ3v) is 3.36. The van der Waals surface area contributed by atoms with Gasteiger partial charge in [0.05, 0.1) is 13.2 Å². The van der Waals surface area contributed by atoms with Crippen LogP contribution in [0.25, 0.3) is 0 Å². The lowest BCUT2D eigenvalue weighted by atomic mass is 10.1. The van der Waals surface area contributed by atoms with E-state index in [1.54, 1.807) is 12.1 Å². The fourth-order valence-electron chi connectivity index (χ4n) is 2.10. The molecule has 0 spiro atoms. The Labute approximate surface area is 133 Å². The molecule has 0 amide bonds. The van der Waals surface area contributed by atoms with Crippen LogP contribution < -0.4 is 9.47 Å². The highest BCUT2D eigenvalue weighted by Gasteiger charge is 2.15. The van der Waals surface area contributed by atoms with Crippen molar-refractivity contribution in [3.63, 3.8) is 0 Å². The van der Waals surface area contributed by atoms with Crippen molar-refractivity contribution in [1.82, 2.24) is 0 Å². The van der Waals surface area contributed by atoms with Crippen molar-refractivity contribution in [3.8, 4) is 23.6 Å². The molecule has 0 aliphatic heterocycles. The van der Waals surface area contributed by atoms with Crippen LogP contribution in [-0.4, -0.2) is 13.2 Å². The molecule has 4 heteroatoms. The highest BCUT2D eigenvalue weighted by atomic mass is 16.5. The number of hydrogen-bond acceptors (Lipinski definition) is 4. The summed E-state index contributed by atoms with van der Waals surface area (Å²) in [6, 6.07) is 7.59. The molecule has 0 saturated carbocycles. The maximum atomic E-state index is 9.33. The molecule has 0 radical (unpaired) electrons. The molecule has 1 aromatic rings. The summed E-state index contributed by atoms with van der Waals surface area (Å²) < 4.78 is 11.3. The van der Waals surface area contributed by atoms with Gasteiger partial charge in [0, 0.05) is 0 Å². The topological polar surface area (TPSA) is 66.0 Å². The number of nitrogens with zero attached hydrogens (tertiary/aromatic N) is 2. The van der Waals surface area contributed by atoms with Gasteiger partial charge in [0.1, 0.15) is 34.8 Å². The number of ether oxygens (including phenoxy) is 2. The van der Waals surface area contributed by atoms with E-state index in [-0.39, 0.29) is 11.1 Å². The molecule has 0 N–H and O–H groups in total. The summed E-state index contributed by atoms with van der Waals surface area (Å²) >= 11 is 0. The van der Waals surface area contributed by atoms with Gasteiger partial charge >= 0.3 is 0 Å². The van der Waals surface area contributed by atoms with E-state index in [0.717, 1.165) is 38.5 Å². The van der Waals surface area contributed by atoms with E-state index in [2.05, 4.69) is 26.0 Å². The zero-order valence-corrected chi connectivity index (χ0v) is 13.5. The zero-order chi connectivity index (χ0) is 16.2. The largest absolute Gasteiger partial charge is 0.492 e. The lowest BCUT2D eigenvalue weighted by molar-refractivity contribution is 0.296. The minimum atomic E-state index is 0.270. The van der Waals surface area contributed by atoms with Gasteiger partial charge in [0.25, 0.3) is 0 Å². The monoisotopic (exact) mass is 300 g/mol. The van der Waals surface area contributed by atoms with E-state index >= 15 is 0 Å². The van der Waals surface area contributed by atoms with Gasteiger partial charge in [-0.1, -0.05) is 39.5 Å². The standard InChI is InChI=1S/C18H24N2O2/c1-3-5-7-11-21-17-9-10-18(22-12-8-6-4-2)16(14-20)15(17)13-19/h9-10H,3-8,11-12H2,1-2H3. The van der Waals surface area contributed by atoms with E-state index < -0.39 is 0 Å². The quantitative estimate of drug-likeness (QED) is 0.594. The molecule has 1 aromatic carbocycles. The molecule has 0 aromatic heterocycles. The molecule has 118 valence electrons. The van der Waals surface area contributed by atoms with Crippen molar-refractivity contribution in [2.45, 2.75) is 52.4 Å². The van der Waals surface area contributed by atoms with Gasteiger partial charge in [-0.25, -0.2) is 0 Å². The minimum absolute atomic E-state index is 0.270. The van der Waals surface area contributed by atoms with Crippen LogP contribution in [0.2, 0.25) is 0 Å². The number of hydrogen-bond donors (Lipinski definition) is 0. The Morgan fingerprint density at radius 1 is 0.773 bits per heavy atom. The first-order valence-electron chi connectivity index (χ1n) is 8.01. The van der Waals surface area contributed by atoms with Crippen LogP contribution in [0.1, 0.15) is 63.5 Å². The second kappa shape index (κ2) is 10.5. The van der Waals surface area contributed by atoms with Crippen molar-refractivity contribution in [1.29, 1.82) is 10.5 Å². The third kappa shape index (κ3) is 5.30. The Kier molecular flexibility index (Phi) is 8.53. The fourth-order valence-corrected chi connectivity index (χ4v) is 2.10. The summed E-state index contributed by atoms with van der Waals surface area (Å²) in [6.07, 6.45) is 6.29. The van der Waals surface area contributed by atoms with Gasteiger partial charge in [-0.2, -0.15) is 10.5 Å². The van der Waals surface area contributed by atoms with Crippen LogP contribution in [0.3, 0.4) is 0 Å². The average Bonchev–Trinajstić information content (AvgIpc) is 2.55. The van der Waals surface area contributed by atoms with E-state index in [1.807, 2.05) is 0 Å². The van der Waals surface area contributed by atoms with Crippen molar-refractivity contribution in [2.75, 3.05) is 13.2 Å².